The van der Waals surface area contributed by atoms with Crippen molar-refractivity contribution in [3.8, 4) is 0 Å². The minimum absolute atomic E-state index is 0.0742. The molecule has 0 aromatic rings. The molecule has 14 heavy (non-hydrogen) atoms. The lowest BCUT2D eigenvalue weighted by molar-refractivity contribution is 0.593. The Morgan fingerprint density at radius 3 is 3.36 bits per heavy atom. The minimum atomic E-state index is 0.0742. The molecule has 4 heteroatoms. The highest BCUT2D eigenvalue weighted by Crippen LogP contribution is 2.33. The monoisotopic (exact) mass is 211 g/mol. The molecule has 2 aliphatic rings. The van der Waals surface area contributed by atoms with E-state index in [2.05, 4.69) is 29.7 Å². The van der Waals surface area contributed by atoms with Crippen molar-refractivity contribution in [3.63, 3.8) is 0 Å². The Kier molecular flexibility index (Phi) is 3.15. The fraction of sp³-hybridized carbons (Fsp3) is 0.600. The second kappa shape index (κ2) is 4.38. The Labute approximate surface area is 89.2 Å². The van der Waals surface area contributed by atoms with Crippen molar-refractivity contribution in [1.82, 2.24) is 10.6 Å². The van der Waals surface area contributed by atoms with Crippen LogP contribution < -0.4 is 16.4 Å². The third-order valence-corrected chi connectivity index (χ3v) is 3.49. The first kappa shape index (κ1) is 10.1. The molecule has 2 rings (SSSR count). The molecule has 0 saturated carbocycles. The Bertz CT molecular complexity index is 273. The smallest absolute Gasteiger partial charge is 0.108 e. The standard InChI is InChI=1S/C10H17N3S/c1-2-5-12-7-3-4-8-9(6-7)14-10(11)13-8/h3,6,8,10,12-13H,2,4-5,11H2,1H3. The van der Waals surface area contributed by atoms with Gasteiger partial charge in [0.2, 0.25) is 0 Å². The minimum Gasteiger partial charge on any atom is -0.385 e. The first-order valence-corrected chi connectivity index (χ1v) is 6.01. The molecule has 0 radical (unpaired) electrons. The lowest BCUT2D eigenvalue weighted by Crippen LogP contribution is -2.35. The maximum absolute atomic E-state index is 5.81. The van der Waals surface area contributed by atoms with Gasteiger partial charge in [-0.25, -0.2) is 0 Å². The molecule has 4 N–H and O–H groups in total. The molecule has 0 amide bonds. The highest BCUT2D eigenvalue weighted by atomic mass is 32.2. The first-order chi connectivity index (χ1) is 6.79. The Hall–Kier alpha value is -0.450. The van der Waals surface area contributed by atoms with E-state index in [1.807, 2.05) is 0 Å². The van der Waals surface area contributed by atoms with E-state index in [4.69, 9.17) is 5.73 Å². The SMILES string of the molecule is CCCNC1=CCC2NC(N)SC2=C1. The van der Waals surface area contributed by atoms with Crippen molar-refractivity contribution in [2.45, 2.75) is 31.3 Å². The van der Waals surface area contributed by atoms with Crippen molar-refractivity contribution < 1.29 is 0 Å². The number of hydrogen-bond acceptors (Lipinski definition) is 4. The molecule has 1 saturated heterocycles. The number of thioether (sulfide) groups is 1. The van der Waals surface area contributed by atoms with Crippen LogP contribution in [0.2, 0.25) is 0 Å². The van der Waals surface area contributed by atoms with Gasteiger partial charge in [0, 0.05) is 23.2 Å². The second-order valence-electron chi connectivity index (χ2n) is 3.63. The molecule has 1 fully saturated rings. The second-order valence-corrected chi connectivity index (χ2v) is 4.84. The van der Waals surface area contributed by atoms with Crippen LogP contribution in [0.15, 0.2) is 22.8 Å². The van der Waals surface area contributed by atoms with Gasteiger partial charge < -0.3 is 11.1 Å². The van der Waals surface area contributed by atoms with Crippen LogP contribution in [0.4, 0.5) is 0 Å². The van der Waals surface area contributed by atoms with Gasteiger partial charge in [0.25, 0.3) is 0 Å². The summed E-state index contributed by atoms with van der Waals surface area (Å²) in [7, 11) is 0. The maximum Gasteiger partial charge on any atom is 0.108 e. The van der Waals surface area contributed by atoms with E-state index in [0.717, 1.165) is 19.4 Å². The predicted octanol–water partition coefficient (Wildman–Crippen LogP) is 1.10. The van der Waals surface area contributed by atoms with Gasteiger partial charge >= 0.3 is 0 Å². The van der Waals surface area contributed by atoms with Gasteiger partial charge in [0.15, 0.2) is 0 Å². The summed E-state index contributed by atoms with van der Waals surface area (Å²) in [5, 5.41) is 6.73. The van der Waals surface area contributed by atoms with Crippen LogP contribution in [0.1, 0.15) is 19.8 Å². The number of nitrogens with one attached hydrogen (secondary N) is 2. The molecule has 3 nitrogen and oxygen atoms in total. The van der Waals surface area contributed by atoms with E-state index in [1.165, 1.54) is 10.6 Å². The fourth-order valence-electron chi connectivity index (χ4n) is 1.71. The molecule has 78 valence electrons. The van der Waals surface area contributed by atoms with Crippen molar-refractivity contribution in [2.75, 3.05) is 6.54 Å². The first-order valence-electron chi connectivity index (χ1n) is 5.13. The molecule has 0 aromatic heterocycles. The number of hydrogen-bond donors (Lipinski definition) is 3. The zero-order valence-electron chi connectivity index (χ0n) is 8.42. The Balaban J connectivity index is 1.97. The average molecular weight is 211 g/mol. The summed E-state index contributed by atoms with van der Waals surface area (Å²) in [4.78, 5) is 1.37. The quantitative estimate of drug-likeness (QED) is 0.654. The van der Waals surface area contributed by atoms with Gasteiger partial charge in [0.1, 0.15) is 5.50 Å². The molecule has 2 atom stereocenters. The van der Waals surface area contributed by atoms with Gasteiger partial charge in [-0.05, 0) is 18.9 Å². The van der Waals surface area contributed by atoms with Crippen LogP contribution in [-0.4, -0.2) is 18.1 Å². The average Bonchev–Trinajstić information content (AvgIpc) is 2.54. The lowest BCUT2D eigenvalue weighted by atomic mass is 10.1. The van der Waals surface area contributed by atoms with Gasteiger partial charge in [-0.15, -0.1) is 0 Å². The van der Waals surface area contributed by atoms with E-state index >= 15 is 0 Å². The summed E-state index contributed by atoms with van der Waals surface area (Å²) in [6.07, 6.45) is 6.68. The van der Waals surface area contributed by atoms with E-state index in [-0.39, 0.29) is 5.50 Å². The van der Waals surface area contributed by atoms with Crippen molar-refractivity contribution in [1.29, 1.82) is 0 Å². The van der Waals surface area contributed by atoms with Crippen LogP contribution >= 0.6 is 11.8 Å². The third-order valence-electron chi connectivity index (χ3n) is 2.42. The fourth-order valence-corrected chi connectivity index (χ4v) is 2.76. The molecule has 2 unspecified atom stereocenters. The largest absolute Gasteiger partial charge is 0.385 e. The highest BCUT2D eigenvalue weighted by Gasteiger charge is 2.28. The van der Waals surface area contributed by atoms with Crippen LogP contribution in [0.5, 0.6) is 0 Å². The van der Waals surface area contributed by atoms with Crippen LogP contribution in [0.3, 0.4) is 0 Å². The van der Waals surface area contributed by atoms with Gasteiger partial charge in [-0.2, -0.15) is 0 Å². The molecule has 1 aliphatic heterocycles. The van der Waals surface area contributed by atoms with Crippen molar-refractivity contribution in [2.24, 2.45) is 5.73 Å². The Morgan fingerprint density at radius 1 is 1.71 bits per heavy atom. The Morgan fingerprint density at radius 2 is 2.57 bits per heavy atom. The molecule has 1 heterocycles. The molecule has 0 bridgehead atoms. The summed E-state index contributed by atoms with van der Waals surface area (Å²) < 4.78 is 0. The number of fused-ring (bicyclic) bond motifs is 1. The molecular weight excluding hydrogens is 194 g/mol. The van der Waals surface area contributed by atoms with Gasteiger partial charge in [-0.1, -0.05) is 24.8 Å². The van der Waals surface area contributed by atoms with E-state index < -0.39 is 0 Å². The summed E-state index contributed by atoms with van der Waals surface area (Å²) in [5.74, 6) is 0. The van der Waals surface area contributed by atoms with E-state index in [1.54, 1.807) is 11.8 Å². The zero-order valence-corrected chi connectivity index (χ0v) is 9.23. The van der Waals surface area contributed by atoms with Crippen molar-refractivity contribution in [3.05, 3.63) is 22.8 Å². The molecule has 0 spiro atoms. The summed E-state index contributed by atoms with van der Waals surface area (Å²) in [6.45, 7) is 3.22. The van der Waals surface area contributed by atoms with Crippen LogP contribution in [-0.2, 0) is 0 Å². The van der Waals surface area contributed by atoms with Crippen molar-refractivity contribution >= 4 is 11.8 Å². The molecular formula is C10H17N3S. The zero-order chi connectivity index (χ0) is 9.97. The normalized spacial score (nSPS) is 30.7. The summed E-state index contributed by atoms with van der Waals surface area (Å²) >= 11 is 1.73. The molecule has 1 aliphatic carbocycles. The van der Waals surface area contributed by atoms with E-state index in [0.29, 0.717) is 6.04 Å². The maximum atomic E-state index is 5.81. The number of rotatable bonds is 3. The summed E-state index contributed by atoms with van der Waals surface area (Å²) in [6, 6.07) is 0.460. The lowest BCUT2D eigenvalue weighted by Gasteiger charge is -2.17. The number of nitrogens with two attached hydrogens (primary N) is 1. The van der Waals surface area contributed by atoms with E-state index in [9.17, 15) is 0 Å². The predicted molar refractivity (Wildman–Crippen MR) is 61.6 cm³/mol. The van der Waals surface area contributed by atoms with Gasteiger partial charge in [0.05, 0.1) is 0 Å². The topological polar surface area (TPSA) is 50.1 Å². The molecule has 0 aromatic carbocycles. The highest BCUT2D eigenvalue weighted by molar-refractivity contribution is 8.03. The number of allylic oxidation sites excluding steroid dienone is 1. The van der Waals surface area contributed by atoms with Crippen LogP contribution in [0, 0.1) is 0 Å². The summed E-state index contributed by atoms with van der Waals surface area (Å²) in [5.41, 5.74) is 7.13. The van der Waals surface area contributed by atoms with Crippen LogP contribution in [0.25, 0.3) is 0 Å². The van der Waals surface area contributed by atoms with Gasteiger partial charge in [-0.3, -0.25) is 5.32 Å². The third kappa shape index (κ3) is 2.13.